The largest absolute Gasteiger partial charge is 0.481 e. The molecule has 1 N–H and O–H groups in total. The van der Waals surface area contributed by atoms with E-state index in [9.17, 15) is 4.79 Å². The van der Waals surface area contributed by atoms with Gasteiger partial charge in [0.05, 0.1) is 6.42 Å². The van der Waals surface area contributed by atoms with Gasteiger partial charge in [0.25, 0.3) is 0 Å². The Balaban J connectivity index is 2.05. The summed E-state index contributed by atoms with van der Waals surface area (Å²) in [6, 6.07) is 11.1. The van der Waals surface area contributed by atoms with Gasteiger partial charge in [0.1, 0.15) is 0 Å². The Hall–Kier alpha value is -1.35. The van der Waals surface area contributed by atoms with Gasteiger partial charge in [-0.2, -0.15) is 0 Å². The molecule has 1 fully saturated rings. The molecule has 19 heavy (non-hydrogen) atoms. The first-order valence-electron chi connectivity index (χ1n) is 7.15. The second kappa shape index (κ2) is 6.71. The van der Waals surface area contributed by atoms with Gasteiger partial charge in [-0.1, -0.05) is 43.2 Å². The van der Waals surface area contributed by atoms with Crippen LogP contribution >= 0.6 is 0 Å². The Kier molecular flexibility index (Phi) is 4.97. The fourth-order valence-corrected chi connectivity index (χ4v) is 3.17. The average molecular weight is 261 g/mol. The topological polar surface area (TPSA) is 40.5 Å². The van der Waals surface area contributed by atoms with Crippen LogP contribution in [0.4, 0.5) is 0 Å². The number of benzene rings is 1. The highest BCUT2D eigenvalue weighted by molar-refractivity contribution is 5.66. The van der Waals surface area contributed by atoms with Crippen molar-refractivity contribution in [3.8, 4) is 0 Å². The normalized spacial score (nSPS) is 23.5. The van der Waals surface area contributed by atoms with Crippen molar-refractivity contribution in [1.82, 2.24) is 4.90 Å². The number of carboxylic acid groups (broad SMARTS) is 1. The van der Waals surface area contributed by atoms with Crippen LogP contribution in [0.1, 0.15) is 43.6 Å². The van der Waals surface area contributed by atoms with E-state index in [1.54, 1.807) is 0 Å². The number of hydrogen-bond acceptors (Lipinski definition) is 2. The number of aliphatic carboxylic acids is 1. The molecule has 0 saturated heterocycles. The molecule has 1 saturated carbocycles. The molecule has 0 heterocycles. The number of hydrogen-bond donors (Lipinski definition) is 1. The van der Waals surface area contributed by atoms with Crippen molar-refractivity contribution in [2.45, 2.75) is 44.1 Å². The summed E-state index contributed by atoms with van der Waals surface area (Å²) in [7, 11) is 2.06. The lowest BCUT2D eigenvalue weighted by atomic mass is 9.79. The van der Waals surface area contributed by atoms with Crippen LogP contribution in [0.5, 0.6) is 0 Å². The summed E-state index contributed by atoms with van der Waals surface area (Å²) in [5.74, 6) is -0.160. The van der Waals surface area contributed by atoms with Crippen LogP contribution in [-0.2, 0) is 4.79 Å². The molecule has 0 bridgehead atoms. The van der Waals surface area contributed by atoms with E-state index in [-0.39, 0.29) is 6.42 Å². The van der Waals surface area contributed by atoms with E-state index < -0.39 is 5.97 Å². The standard InChI is InChI=1S/C16H23NO2/c1-17(12-11-16(18)19)15-10-6-5-9-14(15)13-7-3-2-4-8-13/h2-4,7-8,14-15H,5-6,9-12H2,1H3,(H,18,19). The third kappa shape index (κ3) is 3.80. The Bertz CT molecular complexity index is 404. The summed E-state index contributed by atoms with van der Waals surface area (Å²) in [4.78, 5) is 13.0. The zero-order valence-electron chi connectivity index (χ0n) is 11.6. The second-order valence-electron chi connectivity index (χ2n) is 5.49. The predicted octanol–water partition coefficient (Wildman–Crippen LogP) is 3.12. The first kappa shape index (κ1) is 14.1. The third-order valence-corrected chi connectivity index (χ3v) is 4.20. The molecule has 104 valence electrons. The molecule has 0 radical (unpaired) electrons. The van der Waals surface area contributed by atoms with Crippen LogP contribution in [0.15, 0.2) is 30.3 Å². The van der Waals surface area contributed by atoms with Gasteiger partial charge in [-0.3, -0.25) is 4.79 Å². The fourth-order valence-electron chi connectivity index (χ4n) is 3.17. The van der Waals surface area contributed by atoms with Gasteiger partial charge in [-0.25, -0.2) is 0 Å². The van der Waals surface area contributed by atoms with Gasteiger partial charge in [-0.05, 0) is 31.4 Å². The van der Waals surface area contributed by atoms with E-state index in [1.807, 2.05) is 0 Å². The monoisotopic (exact) mass is 261 g/mol. The van der Waals surface area contributed by atoms with E-state index in [2.05, 4.69) is 42.3 Å². The number of carbonyl (C=O) groups is 1. The average Bonchev–Trinajstić information content (AvgIpc) is 2.45. The van der Waals surface area contributed by atoms with Gasteiger partial charge >= 0.3 is 5.97 Å². The van der Waals surface area contributed by atoms with E-state index >= 15 is 0 Å². The van der Waals surface area contributed by atoms with Crippen LogP contribution in [0.2, 0.25) is 0 Å². The number of nitrogens with zero attached hydrogens (tertiary/aromatic N) is 1. The van der Waals surface area contributed by atoms with Crippen LogP contribution < -0.4 is 0 Å². The number of carboxylic acids is 1. The molecule has 2 rings (SSSR count). The zero-order valence-corrected chi connectivity index (χ0v) is 11.6. The molecule has 0 amide bonds. The minimum absolute atomic E-state index is 0.231. The summed E-state index contributed by atoms with van der Waals surface area (Å²) in [5.41, 5.74) is 1.40. The highest BCUT2D eigenvalue weighted by Crippen LogP contribution is 2.35. The minimum Gasteiger partial charge on any atom is -0.481 e. The van der Waals surface area contributed by atoms with Crippen molar-refractivity contribution in [3.05, 3.63) is 35.9 Å². The molecule has 0 aromatic heterocycles. The smallest absolute Gasteiger partial charge is 0.304 e. The van der Waals surface area contributed by atoms with E-state index in [1.165, 1.54) is 31.2 Å². The Morgan fingerprint density at radius 2 is 1.95 bits per heavy atom. The molecule has 0 spiro atoms. The number of likely N-dealkylation sites (N-methyl/N-ethyl adjacent to an activating group) is 1. The second-order valence-corrected chi connectivity index (χ2v) is 5.49. The summed E-state index contributed by atoms with van der Waals surface area (Å²) < 4.78 is 0. The van der Waals surface area contributed by atoms with Crippen LogP contribution in [0.3, 0.4) is 0 Å². The third-order valence-electron chi connectivity index (χ3n) is 4.20. The summed E-state index contributed by atoms with van der Waals surface area (Å²) in [6.07, 6.45) is 5.16. The molecule has 0 aliphatic heterocycles. The van der Waals surface area contributed by atoms with E-state index in [4.69, 9.17) is 5.11 Å². The van der Waals surface area contributed by atoms with Crippen LogP contribution in [0.25, 0.3) is 0 Å². The van der Waals surface area contributed by atoms with Crippen LogP contribution in [-0.4, -0.2) is 35.6 Å². The summed E-state index contributed by atoms with van der Waals surface area (Å²) in [6.45, 7) is 0.642. The predicted molar refractivity (Wildman–Crippen MR) is 76.3 cm³/mol. The SMILES string of the molecule is CN(CCC(=O)O)C1CCCCC1c1ccccc1. The molecule has 3 nitrogen and oxygen atoms in total. The van der Waals surface area contributed by atoms with Crippen molar-refractivity contribution >= 4 is 5.97 Å². The van der Waals surface area contributed by atoms with Crippen LogP contribution in [0, 0.1) is 0 Å². The fraction of sp³-hybridized carbons (Fsp3) is 0.562. The first-order valence-corrected chi connectivity index (χ1v) is 7.15. The Labute approximate surface area is 115 Å². The summed E-state index contributed by atoms with van der Waals surface area (Å²) in [5, 5.41) is 8.82. The molecule has 2 atom stereocenters. The lowest BCUT2D eigenvalue weighted by molar-refractivity contribution is -0.137. The molecule has 3 heteroatoms. The number of rotatable bonds is 5. The molecule has 1 aromatic rings. The van der Waals surface area contributed by atoms with Crippen molar-refractivity contribution in [2.24, 2.45) is 0 Å². The minimum atomic E-state index is -0.709. The summed E-state index contributed by atoms with van der Waals surface area (Å²) >= 11 is 0. The zero-order chi connectivity index (χ0) is 13.7. The molecular weight excluding hydrogens is 238 g/mol. The highest BCUT2D eigenvalue weighted by atomic mass is 16.4. The Morgan fingerprint density at radius 1 is 1.26 bits per heavy atom. The highest BCUT2D eigenvalue weighted by Gasteiger charge is 2.29. The maximum atomic E-state index is 10.7. The Morgan fingerprint density at radius 3 is 2.63 bits per heavy atom. The van der Waals surface area contributed by atoms with E-state index in [0.29, 0.717) is 18.5 Å². The van der Waals surface area contributed by atoms with Gasteiger partial charge < -0.3 is 10.0 Å². The van der Waals surface area contributed by atoms with Gasteiger partial charge in [0.2, 0.25) is 0 Å². The van der Waals surface area contributed by atoms with Gasteiger partial charge in [-0.15, -0.1) is 0 Å². The molecule has 1 aliphatic rings. The van der Waals surface area contributed by atoms with Gasteiger partial charge in [0.15, 0.2) is 0 Å². The quantitative estimate of drug-likeness (QED) is 0.885. The maximum absolute atomic E-state index is 10.7. The van der Waals surface area contributed by atoms with Gasteiger partial charge in [0, 0.05) is 12.6 Å². The maximum Gasteiger partial charge on any atom is 0.304 e. The van der Waals surface area contributed by atoms with Crippen molar-refractivity contribution in [1.29, 1.82) is 0 Å². The lowest BCUT2D eigenvalue weighted by Crippen LogP contribution is -2.39. The lowest BCUT2D eigenvalue weighted by Gasteiger charge is -2.38. The van der Waals surface area contributed by atoms with E-state index in [0.717, 1.165) is 0 Å². The molecule has 1 aromatic carbocycles. The van der Waals surface area contributed by atoms with Crippen molar-refractivity contribution in [2.75, 3.05) is 13.6 Å². The van der Waals surface area contributed by atoms with Crippen molar-refractivity contribution in [3.63, 3.8) is 0 Å². The molecule has 2 unspecified atom stereocenters. The molecular formula is C16H23NO2. The first-order chi connectivity index (χ1) is 9.18. The molecule has 1 aliphatic carbocycles. The van der Waals surface area contributed by atoms with Crippen molar-refractivity contribution < 1.29 is 9.90 Å².